The molecule has 0 aromatic heterocycles. The molecule has 0 atom stereocenters. The first-order valence-electron chi connectivity index (χ1n) is 18.4. The minimum atomic E-state index is -2.59. The van der Waals surface area contributed by atoms with Crippen molar-refractivity contribution in [3.05, 3.63) is 226 Å². The Bertz CT molecular complexity index is 2730. The van der Waals surface area contributed by atoms with Gasteiger partial charge in [0.1, 0.15) is 69.8 Å². The molecule has 0 spiro atoms. The quantitative estimate of drug-likeness (QED) is 0.0905. The van der Waals surface area contributed by atoms with Crippen LogP contribution in [0.15, 0.2) is 30.3 Å². The van der Waals surface area contributed by atoms with Crippen LogP contribution in [0.2, 0.25) is 0 Å². The van der Waals surface area contributed by atoms with Crippen LogP contribution in [0.1, 0.15) is 5.56 Å². The standard InChI is InChI=1S/3C12F10N.C7H8.Ce/c3*13-1-3(15)7(19)11(8(20)4(1)16)23-12-9(21)5(17)2(14)6(18)10(12)22;1-7-5-3-2-4-6-7;/h;;;2-6H,1H3;/q3*-1;;+3. The summed E-state index contributed by atoms with van der Waals surface area (Å²) in [5.74, 6) is -76.9. The third kappa shape index (κ3) is 12.7. The topological polar surface area (TPSA) is 42.3 Å². The summed E-state index contributed by atoms with van der Waals surface area (Å²) in [5.41, 5.74) is -11.3. The van der Waals surface area contributed by atoms with Crippen molar-refractivity contribution in [1.82, 2.24) is 0 Å². The number of aryl methyl sites for hydroxylation is 1. The normalized spacial score (nSPS) is 10.7. The molecule has 0 aliphatic carbocycles. The van der Waals surface area contributed by atoms with Gasteiger partial charge in [0.15, 0.2) is 105 Å². The van der Waals surface area contributed by atoms with Crippen molar-refractivity contribution in [2.45, 2.75) is 6.92 Å². The molecule has 0 fully saturated rings. The summed E-state index contributed by atoms with van der Waals surface area (Å²) in [6.07, 6.45) is 0. The first kappa shape index (κ1) is 64.5. The van der Waals surface area contributed by atoms with Crippen molar-refractivity contribution in [3.8, 4) is 0 Å². The van der Waals surface area contributed by atoms with Crippen LogP contribution in [0.5, 0.6) is 0 Å². The summed E-state index contributed by atoms with van der Waals surface area (Å²) in [6.45, 7) is 2.08. The molecule has 409 valence electrons. The molecule has 7 aromatic rings. The maximum atomic E-state index is 13.3. The van der Waals surface area contributed by atoms with Crippen LogP contribution < -0.4 is 0 Å². The maximum absolute atomic E-state index is 13.3. The van der Waals surface area contributed by atoms with Gasteiger partial charge in [-0.25, -0.2) is 132 Å². The molecular weight excluding hydrogens is 1270 g/mol. The van der Waals surface area contributed by atoms with Gasteiger partial charge in [0.25, 0.3) is 0 Å². The zero-order valence-electron chi connectivity index (χ0n) is 35.6. The number of hydrogen-bond acceptors (Lipinski definition) is 0. The largest absolute Gasteiger partial charge is 3.00 e. The molecule has 77 heavy (non-hydrogen) atoms. The molecule has 0 saturated carbocycles. The van der Waals surface area contributed by atoms with Gasteiger partial charge in [0.2, 0.25) is 0 Å². The predicted molar refractivity (Wildman–Crippen MR) is 197 cm³/mol. The Kier molecular flexibility index (Phi) is 21.4. The molecule has 0 unspecified atom stereocenters. The van der Waals surface area contributed by atoms with E-state index in [2.05, 4.69) is 35.0 Å². The Morgan fingerprint density at radius 2 is 0.286 bits per heavy atom. The van der Waals surface area contributed by atoms with E-state index in [-0.39, 0.29) is 41.7 Å². The average molecular weight is 1280 g/mol. The minimum absolute atomic E-state index is 0. The SMILES string of the molecule is Cc1ccccc1.Fc1c(F)c(F)c([N-]c2c(F)c(F)c(F)c(F)c2F)c(F)c1F.Fc1c(F)c(F)c([N-]c2c(F)c(F)c(F)c(F)c2F)c(F)c1F.Fc1c(F)c(F)c([N-]c2c(F)c(F)c(F)c(F)c2F)c(F)c1F.[Ce+3]. The molecule has 0 N–H and O–H groups in total. The van der Waals surface area contributed by atoms with E-state index < -0.39 is 209 Å². The molecule has 3 nitrogen and oxygen atoms in total. The number of nitrogens with zero attached hydrogens (tertiary/aromatic N) is 3. The Hall–Kier alpha value is -6.78. The minimum Gasteiger partial charge on any atom is -0.648 e. The van der Waals surface area contributed by atoms with Crippen molar-refractivity contribution in [3.63, 3.8) is 0 Å². The third-order valence-electron chi connectivity index (χ3n) is 8.73. The van der Waals surface area contributed by atoms with Crippen LogP contribution in [0.4, 0.5) is 166 Å². The summed E-state index contributed by atoms with van der Waals surface area (Å²) in [7, 11) is 0. The second kappa shape index (κ2) is 25.6. The Morgan fingerprint density at radius 1 is 0.182 bits per heavy atom. The molecule has 0 aliphatic heterocycles. The fraction of sp³-hybridized carbons (Fsp3) is 0.0233. The fourth-order valence-corrected chi connectivity index (χ4v) is 5.02. The van der Waals surface area contributed by atoms with Gasteiger partial charge in [0, 0.05) is 0 Å². The van der Waals surface area contributed by atoms with Gasteiger partial charge >= 0.3 is 41.7 Å². The Balaban J connectivity index is 0.000000283. The first-order valence-corrected chi connectivity index (χ1v) is 18.4. The Labute approximate surface area is 439 Å². The number of rotatable bonds is 6. The molecule has 34 heteroatoms. The average Bonchev–Trinajstić information content (AvgIpc) is 3.40. The van der Waals surface area contributed by atoms with Crippen LogP contribution in [-0.4, -0.2) is 0 Å². The Morgan fingerprint density at radius 3 is 0.377 bits per heavy atom. The number of hydrogen-bond donors (Lipinski definition) is 0. The van der Waals surface area contributed by atoms with Gasteiger partial charge in [-0.1, -0.05) is 70.0 Å². The van der Waals surface area contributed by atoms with E-state index in [4.69, 9.17) is 0 Å². The van der Waals surface area contributed by atoms with Crippen LogP contribution in [0.3, 0.4) is 0 Å². The van der Waals surface area contributed by atoms with Gasteiger partial charge in [-0.05, 0) is 6.92 Å². The van der Waals surface area contributed by atoms with E-state index in [1.165, 1.54) is 5.56 Å². The van der Waals surface area contributed by atoms with Gasteiger partial charge in [-0.2, -0.15) is 0 Å². The van der Waals surface area contributed by atoms with Gasteiger partial charge in [-0.15, -0.1) is 0 Å². The summed E-state index contributed by atoms with van der Waals surface area (Å²) < 4.78 is 391. The van der Waals surface area contributed by atoms with Crippen LogP contribution in [-0.2, 0) is 0 Å². The molecule has 7 aromatic carbocycles. The second-order valence-electron chi connectivity index (χ2n) is 13.5. The van der Waals surface area contributed by atoms with Crippen molar-refractivity contribution < 1.29 is 173 Å². The van der Waals surface area contributed by atoms with E-state index >= 15 is 0 Å². The van der Waals surface area contributed by atoms with Crippen molar-refractivity contribution >= 4 is 34.1 Å². The van der Waals surface area contributed by atoms with Gasteiger partial charge in [0.05, 0.1) is 0 Å². The molecule has 0 saturated heterocycles. The molecule has 0 aliphatic rings. The molecule has 0 heterocycles. The summed E-state index contributed by atoms with van der Waals surface area (Å²) >= 11 is 0. The predicted octanol–water partition coefficient (Wildman–Crippen LogP) is 18.2. The zero-order chi connectivity index (χ0) is 58.0. The maximum Gasteiger partial charge on any atom is 3.00 e. The van der Waals surface area contributed by atoms with Crippen LogP contribution in [0.25, 0.3) is 16.0 Å². The summed E-state index contributed by atoms with van der Waals surface area (Å²) in [4.78, 5) is 0. The van der Waals surface area contributed by atoms with E-state index in [9.17, 15) is 132 Å². The van der Waals surface area contributed by atoms with Gasteiger partial charge in [-0.3, -0.25) is 0 Å². The number of halogens is 30. The third-order valence-corrected chi connectivity index (χ3v) is 8.73. The molecule has 0 bridgehead atoms. The van der Waals surface area contributed by atoms with Crippen LogP contribution in [0, 0.1) is 223 Å². The second-order valence-corrected chi connectivity index (χ2v) is 13.5. The van der Waals surface area contributed by atoms with E-state index in [0.29, 0.717) is 0 Å². The summed E-state index contributed by atoms with van der Waals surface area (Å²) in [5, 5.41) is 7.11. The molecule has 1 radical (unpaired) electrons. The van der Waals surface area contributed by atoms with Crippen molar-refractivity contribution in [2.75, 3.05) is 0 Å². The van der Waals surface area contributed by atoms with Gasteiger partial charge < -0.3 is 16.0 Å². The number of benzene rings is 7. The molecule has 0 amide bonds. The van der Waals surface area contributed by atoms with Crippen LogP contribution >= 0.6 is 0 Å². The van der Waals surface area contributed by atoms with E-state index in [1.807, 2.05) is 18.2 Å². The van der Waals surface area contributed by atoms with E-state index in [0.717, 1.165) is 0 Å². The smallest absolute Gasteiger partial charge is 0.648 e. The van der Waals surface area contributed by atoms with Crippen molar-refractivity contribution in [2.24, 2.45) is 0 Å². The van der Waals surface area contributed by atoms with E-state index in [1.54, 1.807) is 0 Å². The molecular formula is C43H8CeF30N3. The monoisotopic (exact) mass is 1280 g/mol. The summed E-state index contributed by atoms with van der Waals surface area (Å²) in [6, 6.07) is 10.3. The van der Waals surface area contributed by atoms with Crippen molar-refractivity contribution in [1.29, 1.82) is 0 Å². The first-order chi connectivity index (χ1) is 35.2. The molecule has 7 rings (SSSR count). The zero-order valence-corrected chi connectivity index (χ0v) is 38.7. The fourth-order valence-electron chi connectivity index (χ4n) is 5.02.